The zero-order valence-electron chi connectivity index (χ0n) is 41.2. The van der Waals surface area contributed by atoms with Crippen molar-refractivity contribution in [3.05, 3.63) is 35.9 Å². The number of carbonyl (C=O) groups excluding carboxylic acids is 8. The molecule has 0 aliphatic carbocycles. The Hall–Kier alpha value is -5.34. The van der Waals surface area contributed by atoms with Crippen molar-refractivity contribution in [1.82, 2.24) is 42.5 Å². The summed E-state index contributed by atoms with van der Waals surface area (Å²) in [6.07, 6.45) is -3.86. The second kappa shape index (κ2) is 35.7. The van der Waals surface area contributed by atoms with E-state index < -0.39 is 96.9 Å². The van der Waals surface area contributed by atoms with Crippen LogP contribution in [0.5, 0.6) is 0 Å². The van der Waals surface area contributed by atoms with Gasteiger partial charge in [-0.1, -0.05) is 44.2 Å². The Morgan fingerprint density at radius 2 is 1.03 bits per heavy atom. The summed E-state index contributed by atoms with van der Waals surface area (Å²) < 4.78 is 29.8. The molecule has 1 heterocycles. The summed E-state index contributed by atoms with van der Waals surface area (Å²) >= 11 is 0. The van der Waals surface area contributed by atoms with Crippen LogP contribution in [0.2, 0.25) is 0 Å². The van der Waals surface area contributed by atoms with E-state index in [0.29, 0.717) is 25.7 Å². The fraction of sp³-hybridized carbons (Fsp3) is 0.660. The number of rotatable bonds is 12. The third-order valence-electron chi connectivity index (χ3n) is 11.1. The van der Waals surface area contributed by atoms with Gasteiger partial charge in [0.1, 0.15) is 29.7 Å². The smallest absolute Gasteiger partial charge is 0.185 e. The number of guanidine groups is 2. The van der Waals surface area contributed by atoms with E-state index in [2.05, 4.69) is 52.5 Å². The summed E-state index contributed by atoms with van der Waals surface area (Å²) in [6, 6.07) is 5.96. The highest BCUT2D eigenvalue weighted by atomic mass is 19.1. The van der Waals surface area contributed by atoms with Crippen LogP contribution in [-0.2, 0) is 44.8 Å². The number of benzene rings is 1. The first-order chi connectivity index (χ1) is 33.8. The molecule has 1 aliphatic heterocycles. The number of hydrogen-bond acceptors (Lipinski definition) is 18. The van der Waals surface area contributed by atoms with Crippen LogP contribution in [0.25, 0.3) is 0 Å². The Balaban J connectivity index is 2.23. The lowest BCUT2D eigenvalue weighted by atomic mass is 9.97. The summed E-state index contributed by atoms with van der Waals surface area (Å²) in [5.41, 5.74) is 22.6. The molecule has 22 nitrogen and oxygen atoms in total. The van der Waals surface area contributed by atoms with Gasteiger partial charge in [0.25, 0.3) is 0 Å². The topological polar surface area (TPSA) is 362 Å². The quantitative estimate of drug-likeness (QED) is 0.0438. The first-order valence-electron chi connectivity index (χ1n) is 24.2. The van der Waals surface area contributed by atoms with Gasteiger partial charge in [0.2, 0.25) is 0 Å². The molecular formula is C47H78F2N14O8. The van der Waals surface area contributed by atoms with Crippen LogP contribution in [0.1, 0.15) is 77.2 Å². The highest BCUT2D eigenvalue weighted by molar-refractivity contribution is 6.03. The second-order valence-corrected chi connectivity index (χ2v) is 18.0. The number of alkyl halides is 2. The third-order valence-corrected chi connectivity index (χ3v) is 11.1. The Morgan fingerprint density at radius 3 is 1.58 bits per heavy atom. The fourth-order valence-electron chi connectivity index (χ4n) is 7.50. The maximum Gasteiger partial charge on any atom is 0.185 e. The van der Waals surface area contributed by atoms with Crippen molar-refractivity contribution in [3.8, 4) is 0 Å². The largest absolute Gasteiger partial charge is 0.370 e. The summed E-state index contributed by atoms with van der Waals surface area (Å²) in [5.74, 6) is -3.78. The van der Waals surface area contributed by atoms with Gasteiger partial charge in [-0.3, -0.25) is 69.6 Å². The molecule has 1 aliphatic rings. The van der Waals surface area contributed by atoms with Crippen LogP contribution in [0, 0.1) is 5.92 Å². The van der Waals surface area contributed by atoms with Crippen molar-refractivity contribution in [1.29, 1.82) is 0 Å². The van der Waals surface area contributed by atoms with E-state index >= 15 is 0 Å². The minimum Gasteiger partial charge on any atom is -0.370 e. The molecule has 1 aromatic rings. The molecule has 24 heteroatoms. The van der Waals surface area contributed by atoms with Crippen LogP contribution in [0.4, 0.5) is 8.78 Å². The lowest BCUT2D eigenvalue weighted by Gasteiger charge is -2.23. The number of Topliss-reactive ketones (excluding diaryl/α,β-unsaturated/α-hetero) is 8. The summed E-state index contributed by atoms with van der Waals surface area (Å²) in [7, 11) is 0. The molecule has 0 radical (unpaired) electrons. The first kappa shape index (κ1) is 61.8. The minimum atomic E-state index is -1.78. The van der Waals surface area contributed by atoms with E-state index in [1.807, 2.05) is 44.2 Å². The lowest BCUT2D eigenvalue weighted by molar-refractivity contribution is -0.130. The normalized spacial score (nSPS) is 24.4. The van der Waals surface area contributed by atoms with Crippen molar-refractivity contribution in [2.75, 3.05) is 78.8 Å². The summed E-state index contributed by atoms with van der Waals surface area (Å²) in [4.78, 5) is 113. The van der Waals surface area contributed by atoms with Crippen LogP contribution < -0.4 is 65.5 Å². The highest BCUT2D eigenvalue weighted by Crippen LogP contribution is 2.10. The number of carbonyl (C=O) groups is 8. The molecule has 16 N–H and O–H groups in total. The molecule has 2 rings (SSSR count). The Morgan fingerprint density at radius 1 is 0.549 bits per heavy atom. The number of aliphatic imine (C=N–C) groups is 2. The maximum atomic E-state index is 14.9. The number of ketones is 8. The number of hydrogen-bond donors (Lipinski definition) is 12. The van der Waals surface area contributed by atoms with Gasteiger partial charge >= 0.3 is 0 Å². The number of nitrogens with two attached hydrogens (primary N) is 4. The van der Waals surface area contributed by atoms with Gasteiger partial charge in [0, 0.05) is 52.2 Å². The van der Waals surface area contributed by atoms with Crippen molar-refractivity contribution >= 4 is 58.2 Å². The van der Waals surface area contributed by atoms with Crippen LogP contribution in [0.15, 0.2) is 40.3 Å². The minimum absolute atomic E-state index is 0.0562. The molecule has 71 heavy (non-hydrogen) atoms. The molecule has 1 fully saturated rings. The van der Waals surface area contributed by atoms with Gasteiger partial charge in [-0.25, -0.2) is 8.78 Å². The number of nitrogens with zero attached hydrogens (tertiary/aromatic N) is 2. The number of halogens is 2. The predicted molar refractivity (Wildman–Crippen MR) is 267 cm³/mol. The second-order valence-electron chi connectivity index (χ2n) is 18.0. The molecule has 0 aromatic heterocycles. The average molecular weight is 1010 g/mol. The van der Waals surface area contributed by atoms with Gasteiger partial charge in [0.15, 0.2) is 40.8 Å². The van der Waals surface area contributed by atoms with Gasteiger partial charge < -0.3 is 44.2 Å². The maximum absolute atomic E-state index is 14.9. The summed E-state index contributed by atoms with van der Waals surface area (Å²) in [6.45, 7) is 1.95. The van der Waals surface area contributed by atoms with Crippen LogP contribution in [-0.4, -0.2) is 173 Å². The van der Waals surface area contributed by atoms with Crippen LogP contribution in [0.3, 0.4) is 0 Å². The zero-order chi connectivity index (χ0) is 52.6. The van der Waals surface area contributed by atoms with E-state index in [9.17, 15) is 47.1 Å². The Labute approximate surface area is 415 Å². The van der Waals surface area contributed by atoms with Crippen molar-refractivity contribution < 1.29 is 47.1 Å². The Bertz CT molecular complexity index is 1900. The molecule has 0 saturated carbocycles. The predicted octanol–water partition coefficient (Wildman–Crippen LogP) is -2.71. The van der Waals surface area contributed by atoms with Crippen molar-refractivity contribution in [3.63, 3.8) is 0 Å². The fourth-order valence-corrected chi connectivity index (χ4v) is 7.50. The molecular weight excluding hydrogens is 927 g/mol. The third kappa shape index (κ3) is 29.6. The van der Waals surface area contributed by atoms with E-state index in [4.69, 9.17) is 22.9 Å². The van der Waals surface area contributed by atoms with Crippen molar-refractivity contribution in [2.24, 2.45) is 38.8 Å². The van der Waals surface area contributed by atoms with Gasteiger partial charge in [-0.15, -0.1) is 0 Å². The molecule has 0 amide bonds. The lowest BCUT2D eigenvalue weighted by Crippen LogP contribution is -2.51. The molecule has 6 atom stereocenters. The molecule has 1 saturated heterocycles. The highest BCUT2D eigenvalue weighted by Gasteiger charge is 2.27. The van der Waals surface area contributed by atoms with Gasteiger partial charge in [0.05, 0.1) is 76.4 Å². The van der Waals surface area contributed by atoms with Gasteiger partial charge in [-0.2, -0.15) is 0 Å². The van der Waals surface area contributed by atoms with E-state index in [0.717, 1.165) is 5.56 Å². The standard InChI is InChI=1S/C47H78F2N14O8/c1-30(2)14-40-44(70)26-55-21-34(64)16-32(48)17-35(65)23-57-28-61-39(11-7-13-59-47(52)53)43(69)19-42(68)38(10-6-12-58-46(50)51)60-25-37(67)24-54-20-33(49)18-36(66)22-56-27-45(71)41(63-29-62-40)15-31-8-4-3-5-9-31/h3-5,8-9,30,32-33,38-41,54-57,60-63H,6-7,10-29H2,1-2H3,(H4,50,51,58)(H4,52,53,59)/t32?,33?,38-,39-,40-,41-/m0/s1. The zero-order valence-corrected chi connectivity index (χ0v) is 41.2. The van der Waals surface area contributed by atoms with E-state index in [-0.39, 0.29) is 121 Å². The van der Waals surface area contributed by atoms with Gasteiger partial charge in [-0.05, 0) is 50.0 Å². The number of nitrogens with one attached hydrogen (secondary N) is 8. The van der Waals surface area contributed by atoms with Crippen molar-refractivity contribution in [2.45, 2.75) is 115 Å². The Kier molecular flexibility index (Phi) is 31.1. The van der Waals surface area contributed by atoms with E-state index in [1.54, 1.807) is 0 Å². The van der Waals surface area contributed by atoms with Crippen LogP contribution >= 0.6 is 0 Å². The molecule has 2 unspecified atom stereocenters. The molecule has 0 bridgehead atoms. The monoisotopic (exact) mass is 1000 g/mol. The molecule has 398 valence electrons. The average Bonchev–Trinajstić information content (AvgIpc) is 3.29. The SMILES string of the molecule is CC(C)C[C@@H]1NCN[C@@H](Cc2ccccc2)C(=O)CNCC(=O)CC(F)CNCC(=O)CN[C@@H](CCCN=C(N)N)C(=O)CC(=O)[C@H](CCCN=C(N)N)NCNCC(=O)CC(F)CC(=O)CNCC1=O. The van der Waals surface area contributed by atoms with E-state index in [1.165, 1.54) is 0 Å². The summed E-state index contributed by atoms with van der Waals surface area (Å²) in [5, 5.41) is 23.3. The molecule has 0 spiro atoms. The first-order valence-corrected chi connectivity index (χ1v) is 24.2. The molecule has 1 aromatic carbocycles.